The van der Waals surface area contributed by atoms with Crippen molar-refractivity contribution in [2.45, 2.75) is 13.5 Å². The van der Waals surface area contributed by atoms with Gasteiger partial charge in [0.05, 0.1) is 11.3 Å². The Kier molecular flexibility index (Phi) is 3.97. The van der Waals surface area contributed by atoms with E-state index in [1.807, 2.05) is 38.2 Å². The van der Waals surface area contributed by atoms with Crippen LogP contribution in [0.25, 0.3) is 0 Å². The average Bonchev–Trinajstić information content (AvgIpc) is 2.71. The second kappa shape index (κ2) is 5.67. The second-order valence-corrected chi connectivity index (χ2v) is 4.48. The Morgan fingerprint density at radius 2 is 2.00 bits per heavy atom. The molecule has 2 rings (SSSR count). The minimum atomic E-state index is -0.132. The first-order chi connectivity index (χ1) is 9.10. The zero-order chi connectivity index (χ0) is 13.8. The van der Waals surface area contributed by atoms with Crippen LogP contribution in [-0.4, -0.2) is 22.7 Å². The zero-order valence-corrected chi connectivity index (χ0v) is 11.4. The molecule has 0 saturated heterocycles. The van der Waals surface area contributed by atoms with E-state index in [1.54, 1.807) is 17.9 Å². The van der Waals surface area contributed by atoms with Gasteiger partial charge in [0.1, 0.15) is 0 Å². The highest BCUT2D eigenvalue weighted by Gasteiger charge is 2.12. The number of anilines is 1. The van der Waals surface area contributed by atoms with Crippen molar-refractivity contribution < 1.29 is 4.79 Å². The van der Waals surface area contributed by atoms with Gasteiger partial charge < -0.3 is 10.6 Å². The fourth-order valence-corrected chi connectivity index (χ4v) is 1.93. The highest BCUT2D eigenvalue weighted by molar-refractivity contribution is 6.04. The largest absolute Gasteiger partial charge is 0.322 e. The molecule has 0 aliphatic rings. The summed E-state index contributed by atoms with van der Waals surface area (Å²) in [6.45, 7) is 2.64. The van der Waals surface area contributed by atoms with Crippen molar-refractivity contribution in [1.82, 2.24) is 15.1 Å². The number of aryl methyl sites for hydroxylation is 2. The van der Waals surface area contributed by atoms with E-state index in [0.29, 0.717) is 5.56 Å². The minimum absolute atomic E-state index is 0.132. The van der Waals surface area contributed by atoms with E-state index in [-0.39, 0.29) is 5.91 Å². The number of hydrogen-bond acceptors (Lipinski definition) is 3. The summed E-state index contributed by atoms with van der Waals surface area (Å²) < 4.78 is 1.64. The topological polar surface area (TPSA) is 58.9 Å². The lowest BCUT2D eigenvalue weighted by Gasteiger charge is -2.05. The maximum atomic E-state index is 12.1. The molecule has 0 saturated carbocycles. The Labute approximate surface area is 112 Å². The summed E-state index contributed by atoms with van der Waals surface area (Å²) >= 11 is 0. The molecule has 1 aromatic carbocycles. The molecule has 0 bridgehead atoms. The summed E-state index contributed by atoms with van der Waals surface area (Å²) in [5.74, 6) is -0.132. The molecule has 0 atom stereocenters. The maximum absolute atomic E-state index is 12.1. The quantitative estimate of drug-likeness (QED) is 0.877. The number of amides is 1. The van der Waals surface area contributed by atoms with Gasteiger partial charge in [0.2, 0.25) is 0 Å². The van der Waals surface area contributed by atoms with Crippen molar-refractivity contribution in [3.05, 3.63) is 47.3 Å². The van der Waals surface area contributed by atoms with Gasteiger partial charge in [0, 0.05) is 25.5 Å². The Balaban J connectivity index is 2.08. The van der Waals surface area contributed by atoms with Crippen molar-refractivity contribution >= 4 is 11.6 Å². The molecule has 0 radical (unpaired) electrons. The normalized spacial score (nSPS) is 10.5. The number of carbonyl (C=O) groups is 1. The number of rotatable bonds is 4. The summed E-state index contributed by atoms with van der Waals surface area (Å²) in [6, 6.07) is 7.77. The maximum Gasteiger partial charge on any atom is 0.259 e. The van der Waals surface area contributed by atoms with Crippen molar-refractivity contribution in [3.63, 3.8) is 0 Å². The molecule has 1 amide bonds. The highest BCUT2D eigenvalue weighted by Crippen LogP contribution is 2.12. The number of nitrogens with one attached hydrogen (secondary N) is 2. The van der Waals surface area contributed by atoms with Gasteiger partial charge in [-0.2, -0.15) is 5.10 Å². The molecule has 5 nitrogen and oxygen atoms in total. The Hall–Kier alpha value is -2.14. The van der Waals surface area contributed by atoms with Gasteiger partial charge >= 0.3 is 0 Å². The first-order valence-electron chi connectivity index (χ1n) is 6.15. The summed E-state index contributed by atoms with van der Waals surface area (Å²) in [5.41, 5.74) is 3.29. The Morgan fingerprint density at radius 3 is 2.53 bits per heavy atom. The average molecular weight is 258 g/mol. The third-order valence-corrected chi connectivity index (χ3v) is 2.85. The van der Waals surface area contributed by atoms with Crippen molar-refractivity contribution in [1.29, 1.82) is 0 Å². The SMILES string of the molecule is CNCc1ccc(NC(=O)c2cn(C)nc2C)cc1. The monoisotopic (exact) mass is 258 g/mol. The van der Waals surface area contributed by atoms with E-state index in [1.165, 1.54) is 5.56 Å². The van der Waals surface area contributed by atoms with Crippen LogP contribution in [-0.2, 0) is 13.6 Å². The Bertz CT molecular complexity index is 572. The third-order valence-electron chi connectivity index (χ3n) is 2.85. The molecule has 0 aliphatic heterocycles. The standard InChI is InChI=1S/C14H18N4O/c1-10-13(9-18(3)17-10)14(19)16-12-6-4-11(5-7-12)8-15-2/h4-7,9,15H,8H2,1-3H3,(H,16,19). The molecule has 0 aliphatic carbocycles. The van der Waals surface area contributed by atoms with Crippen LogP contribution < -0.4 is 10.6 Å². The van der Waals surface area contributed by atoms with E-state index in [9.17, 15) is 4.79 Å². The predicted molar refractivity (Wildman–Crippen MR) is 75.1 cm³/mol. The second-order valence-electron chi connectivity index (χ2n) is 4.48. The van der Waals surface area contributed by atoms with Crippen LogP contribution in [0.2, 0.25) is 0 Å². The van der Waals surface area contributed by atoms with Crippen LogP contribution in [0.15, 0.2) is 30.5 Å². The lowest BCUT2D eigenvalue weighted by atomic mass is 10.2. The number of hydrogen-bond donors (Lipinski definition) is 2. The molecule has 100 valence electrons. The smallest absolute Gasteiger partial charge is 0.259 e. The predicted octanol–water partition coefficient (Wildman–Crippen LogP) is 1.70. The molecule has 1 aromatic heterocycles. The Morgan fingerprint density at radius 1 is 1.32 bits per heavy atom. The number of carbonyl (C=O) groups excluding carboxylic acids is 1. The summed E-state index contributed by atoms with van der Waals surface area (Å²) in [4.78, 5) is 12.1. The molecule has 0 unspecified atom stereocenters. The molecule has 0 spiro atoms. The van der Waals surface area contributed by atoms with Gasteiger partial charge in [0.15, 0.2) is 0 Å². The number of nitrogens with zero attached hydrogens (tertiary/aromatic N) is 2. The van der Waals surface area contributed by atoms with E-state index in [4.69, 9.17) is 0 Å². The van der Waals surface area contributed by atoms with Crippen LogP contribution in [0, 0.1) is 6.92 Å². The highest BCUT2D eigenvalue weighted by atomic mass is 16.1. The summed E-state index contributed by atoms with van der Waals surface area (Å²) in [7, 11) is 3.71. The van der Waals surface area contributed by atoms with Gasteiger partial charge in [-0.15, -0.1) is 0 Å². The first-order valence-corrected chi connectivity index (χ1v) is 6.15. The summed E-state index contributed by atoms with van der Waals surface area (Å²) in [5, 5.41) is 10.1. The lowest BCUT2D eigenvalue weighted by Crippen LogP contribution is -2.12. The third kappa shape index (κ3) is 3.20. The molecule has 2 N–H and O–H groups in total. The van der Waals surface area contributed by atoms with Gasteiger partial charge in [-0.25, -0.2) is 0 Å². The molecular formula is C14H18N4O. The van der Waals surface area contributed by atoms with Crippen LogP contribution in [0.3, 0.4) is 0 Å². The molecule has 19 heavy (non-hydrogen) atoms. The van der Waals surface area contributed by atoms with Gasteiger partial charge in [-0.05, 0) is 31.7 Å². The van der Waals surface area contributed by atoms with Crippen LogP contribution in [0.1, 0.15) is 21.6 Å². The van der Waals surface area contributed by atoms with Crippen molar-refractivity contribution in [2.24, 2.45) is 7.05 Å². The van der Waals surface area contributed by atoms with E-state index >= 15 is 0 Å². The fraction of sp³-hybridized carbons (Fsp3) is 0.286. The lowest BCUT2D eigenvalue weighted by molar-refractivity contribution is 0.102. The molecule has 0 fully saturated rings. The fourth-order valence-electron chi connectivity index (χ4n) is 1.93. The molecule has 1 heterocycles. The van der Waals surface area contributed by atoms with E-state index in [2.05, 4.69) is 15.7 Å². The minimum Gasteiger partial charge on any atom is -0.322 e. The molecule has 5 heteroatoms. The summed E-state index contributed by atoms with van der Waals surface area (Å²) in [6.07, 6.45) is 1.72. The van der Waals surface area contributed by atoms with Gasteiger partial charge in [0.25, 0.3) is 5.91 Å². The van der Waals surface area contributed by atoms with Crippen molar-refractivity contribution in [2.75, 3.05) is 12.4 Å². The van der Waals surface area contributed by atoms with Crippen molar-refractivity contribution in [3.8, 4) is 0 Å². The molecule has 2 aromatic rings. The van der Waals surface area contributed by atoms with Crippen LogP contribution >= 0.6 is 0 Å². The number of aromatic nitrogens is 2. The van der Waals surface area contributed by atoms with E-state index in [0.717, 1.165) is 17.9 Å². The van der Waals surface area contributed by atoms with Gasteiger partial charge in [-0.3, -0.25) is 9.48 Å². The molecular weight excluding hydrogens is 240 g/mol. The van der Waals surface area contributed by atoms with E-state index < -0.39 is 0 Å². The number of benzene rings is 1. The van der Waals surface area contributed by atoms with Crippen LogP contribution in [0.5, 0.6) is 0 Å². The van der Waals surface area contributed by atoms with Crippen LogP contribution in [0.4, 0.5) is 5.69 Å². The first kappa shape index (κ1) is 13.3. The zero-order valence-electron chi connectivity index (χ0n) is 11.4. The van der Waals surface area contributed by atoms with Gasteiger partial charge in [-0.1, -0.05) is 12.1 Å².